The molecule has 1 amide bonds. The molecule has 3 nitrogen and oxygen atoms in total. The zero-order valence-electron chi connectivity index (χ0n) is 11.9. The van der Waals surface area contributed by atoms with E-state index in [1.165, 1.54) is 5.56 Å². The van der Waals surface area contributed by atoms with E-state index in [1.54, 1.807) is 12.1 Å². The van der Waals surface area contributed by atoms with Gasteiger partial charge >= 0.3 is 0 Å². The Kier molecular flexibility index (Phi) is 5.56. The molecule has 0 bridgehead atoms. The summed E-state index contributed by atoms with van der Waals surface area (Å²) >= 11 is 6.77. The van der Waals surface area contributed by atoms with Crippen LogP contribution in [0.4, 0.5) is 5.69 Å². The van der Waals surface area contributed by atoms with Crippen LogP contribution < -0.4 is 5.32 Å². The maximum Gasteiger partial charge on any atom is 0.255 e. The van der Waals surface area contributed by atoms with Crippen molar-refractivity contribution >= 4 is 43.5 Å². The molecule has 0 spiro atoms. The minimum Gasteiger partial charge on any atom is -0.322 e. The van der Waals surface area contributed by atoms with Gasteiger partial charge in [0.15, 0.2) is 0 Å². The Morgan fingerprint density at radius 2 is 1.62 bits per heavy atom. The van der Waals surface area contributed by atoms with Crippen molar-refractivity contribution in [3.8, 4) is 0 Å². The maximum absolute atomic E-state index is 12.2. The summed E-state index contributed by atoms with van der Waals surface area (Å²) in [6.07, 6.45) is 0. The van der Waals surface area contributed by atoms with Crippen LogP contribution in [0.3, 0.4) is 0 Å². The van der Waals surface area contributed by atoms with Gasteiger partial charge in [-0.05, 0) is 50.0 Å². The molecule has 21 heavy (non-hydrogen) atoms. The van der Waals surface area contributed by atoms with Crippen LogP contribution in [-0.2, 0) is 6.54 Å². The molecule has 110 valence electrons. The SMILES string of the molecule is CN(C)Cc1ccc(NC(=O)c2cc(Br)cc(Br)c2)cc1. The molecular weight excluding hydrogens is 396 g/mol. The van der Waals surface area contributed by atoms with Crippen molar-refractivity contribution in [2.75, 3.05) is 19.4 Å². The van der Waals surface area contributed by atoms with E-state index in [1.807, 2.05) is 44.4 Å². The molecule has 0 atom stereocenters. The topological polar surface area (TPSA) is 32.3 Å². The lowest BCUT2D eigenvalue weighted by Gasteiger charge is -2.11. The lowest BCUT2D eigenvalue weighted by Crippen LogP contribution is -2.13. The first-order valence-corrected chi connectivity index (χ1v) is 8.04. The zero-order valence-corrected chi connectivity index (χ0v) is 15.0. The smallest absolute Gasteiger partial charge is 0.255 e. The first-order valence-electron chi connectivity index (χ1n) is 6.45. The maximum atomic E-state index is 12.2. The molecule has 0 aliphatic heterocycles. The molecule has 0 saturated carbocycles. The van der Waals surface area contributed by atoms with Gasteiger partial charge in [-0.1, -0.05) is 44.0 Å². The molecular formula is C16H16Br2N2O. The van der Waals surface area contributed by atoms with Crippen LogP contribution in [0.15, 0.2) is 51.4 Å². The average molecular weight is 412 g/mol. The number of halogens is 2. The first-order chi connectivity index (χ1) is 9.94. The van der Waals surface area contributed by atoms with E-state index >= 15 is 0 Å². The Bertz CT molecular complexity index is 619. The van der Waals surface area contributed by atoms with Gasteiger partial charge in [-0.25, -0.2) is 0 Å². The summed E-state index contributed by atoms with van der Waals surface area (Å²) < 4.78 is 1.73. The molecule has 2 rings (SSSR count). The fraction of sp³-hybridized carbons (Fsp3) is 0.188. The van der Waals surface area contributed by atoms with Gasteiger partial charge < -0.3 is 10.2 Å². The number of amides is 1. The van der Waals surface area contributed by atoms with Crippen molar-refractivity contribution in [1.29, 1.82) is 0 Å². The number of hydrogen-bond acceptors (Lipinski definition) is 2. The summed E-state index contributed by atoms with van der Waals surface area (Å²) in [4.78, 5) is 14.3. The van der Waals surface area contributed by atoms with Crippen LogP contribution in [0, 0.1) is 0 Å². The fourth-order valence-corrected chi connectivity index (χ4v) is 3.24. The number of benzene rings is 2. The molecule has 0 radical (unpaired) electrons. The molecule has 0 heterocycles. The van der Waals surface area contributed by atoms with E-state index in [0.29, 0.717) is 5.56 Å². The molecule has 2 aromatic rings. The molecule has 0 aliphatic carbocycles. The third-order valence-corrected chi connectivity index (χ3v) is 3.75. The van der Waals surface area contributed by atoms with E-state index in [4.69, 9.17) is 0 Å². The Balaban J connectivity index is 2.08. The van der Waals surface area contributed by atoms with E-state index in [0.717, 1.165) is 21.2 Å². The molecule has 2 aromatic carbocycles. The highest BCUT2D eigenvalue weighted by atomic mass is 79.9. The van der Waals surface area contributed by atoms with Crippen molar-refractivity contribution in [2.24, 2.45) is 0 Å². The Labute approximate surface area is 141 Å². The molecule has 0 saturated heterocycles. The van der Waals surface area contributed by atoms with Crippen molar-refractivity contribution in [3.05, 3.63) is 62.5 Å². The predicted molar refractivity (Wildman–Crippen MR) is 93.6 cm³/mol. The standard InChI is InChI=1S/C16H16Br2N2O/c1-20(2)10-11-3-5-15(6-4-11)19-16(21)12-7-13(17)9-14(18)8-12/h3-9H,10H2,1-2H3,(H,19,21). The van der Waals surface area contributed by atoms with E-state index in [9.17, 15) is 4.79 Å². The highest BCUT2D eigenvalue weighted by Crippen LogP contribution is 2.21. The molecule has 0 fully saturated rings. The monoisotopic (exact) mass is 410 g/mol. The van der Waals surface area contributed by atoms with E-state index in [-0.39, 0.29) is 5.91 Å². The lowest BCUT2D eigenvalue weighted by atomic mass is 10.1. The van der Waals surface area contributed by atoms with Crippen LogP contribution in [0.5, 0.6) is 0 Å². The van der Waals surface area contributed by atoms with Crippen LogP contribution in [0.25, 0.3) is 0 Å². The number of anilines is 1. The van der Waals surface area contributed by atoms with Crippen molar-refractivity contribution in [3.63, 3.8) is 0 Å². The summed E-state index contributed by atoms with van der Waals surface area (Å²) in [5, 5.41) is 2.90. The quantitative estimate of drug-likeness (QED) is 0.801. The van der Waals surface area contributed by atoms with Gasteiger partial charge in [-0.3, -0.25) is 4.79 Å². The largest absolute Gasteiger partial charge is 0.322 e. The lowest BCUT2D eigenvalue weighted by molar-refractivity contribution is 0.102. The highest BCUT2D eigenvalue weighted by Gasteiger charge is 2.08. The Hall–Kier alpha value is -1.17. The third-order valence-electron chi connectivity index (χ3n) is 2.84. The molecule has 0 aliphatic rings. The van der Waals surface area contributed by atoms with Gasteiger partial charge in [-0.2, -0.15) is 0 Å². The summed E-state index contributed by atoms with van der Waals surface area (Å²) in [6.45, 7) is 0.882. The minimum atomic E-state index is -0.127. The summed E-state index contributed by atoms with van der Waals surface area (Å²) in [5.74, 6) is -0.127. The number of rotatable bonds is 4. The third kappa shape index (κ3) is 4.95. The zero-order chi connectivity index (χ0) is 15.4. The van der Waals surface area contributed by atoms with Gasteiger partial charge in [0.25, 0.3) is 5.91 Å². The number of nitrogens with one attached hydrogen (secondary N) is 1. The highest BCUT2D eigenvalue weighted by molar-refractivity contribution is 9.11. The normalized spacial score (nSPS) is 10.7. The number of nitrogens with zero attached hydrogens (tertiary/aromatic N) is 1. The Morgan fingerprint density at radius 3 is 2.14 bits per heavy atom. The summed E-state index contributed by atoms with van der Waals surface area (Å²) in [7, 11) is 4.06. The van der Waals surface area contributed by atoms with Gasteiger partial charge in [0.2, 0.25) is 0 Å². The fourth-order valence-electron chi connectivity index (χ4n) is 1.95. The van der Waals surface area contributed by atoms with Gasteiger partial charge in [0, 0.05) is 26.7 Å². The van der Waals surface area contributed by atoms with Crippen molar-refractivity contribution in [2.45, 2.75) is 6.54 Å². The van der Waals surface area contributed by atoms with Crippen LogP contribution in [-0.4, -0.2) is 24.9 Å². The second kappa shape index (κ2) is 7.20. The minimum absolute atomic E-state index is 0.127. The number of hydrogen-bond donors (Lipinski definition) is 1. The molecule has 1 N–H and O–H groups in total. The second-order valence-corrected chi connectivity index (χ2v) is 6.88. The van der Waals surface area contributed by atoms with Crippen LogP contribution in [0.2, 0.25) is 0 Å². The van der Waals surface area contributed by atoms with Gasteiger partial charge in [0.1, 0.15) is 0 Å². The summed E-state index contributed by atoms with van der Waals surface area (Å²) in [6, 6.07) is 13.4. The molecule has 0 aromatic heterocycles. The van der Waals surface area contributed by atoms with Gasteiger partial charge in [0.05, 0.1) is 0 Å². The van der Waals surface area contributed by atoms with Gasteiger partial charge in [-0.15, -0.1) is 0 Å². The van der Waals surface area contributed by atoms with Crippen molar-refractivity contribution in [1.82, 2.24) is 4.90 Å². The van der Waals surface area contributed by atoms with Crippen LogP contribution in [0.1, 0.15) is 15.9 Å². The average Bonchev–Trinajstić information content (AvgIpc) is 2.39. The number of carbonyl (C=O) groups is 1. The molecule has 0 unspecified atom stereocenters. The first kappa shape index (κ1) is 16.2. The van der Waals surface area contributed by atoms with E-state index in [2.05, 4.69) is 42.1 Å². The van der Waals surface area contributed by atoms with Crippen LogP contribution >= 0.6 is 31.9 Å². The molecule has 5 heteroatoms. The second-order valence-electron chi connectivity index (χ2n) is 5.05. The summed E-state index contributed by atoms with van der Waals surface area (Å²) in [5.41, 5.74) is 2.61. The number of carbonyl (C=O) groups excluding carboxylic acids is 1. The van der Waals surface area contributed by atoms with Crippen molar-refractivity contribution < 1.29 is 4.79 Å². The predicted octanol–water partition coefficient (Wildman–Crippen LogP) is 4.53. The Morgan fingerprint density at radius 1 is 1.05 bits per heavy atom. The van der Waals surface area contributed by atoms with E-state index < -0.39 is 0 Å².